The minimum atomic E-state index is -0.302. The van der Waals surface area contributed by atoms with Gasteiger partial charge in [0.1, 0.15) is 0 Å². The number of ether oxygens (including phenoxy) is 2. The Morgan fingerprint density at radius 1 is 1.17 bits per heavy atom. The molecule has 2 N–H and O–H groups in total. The number of aryl methyl sites for hydroxylation is 1. The van der Waals surface area contributed by atoms with Gasteiger partial charge in [0.15, 0.2) is 16.6 Å². The Hall–Kier alpha value is -1.87. The standard InChI is InChI=1S/C16H13IN2O3S/c1-9-6-11(17)3-4-12(9)18-16(23)19-15(20)10-2-5-13-14(7-10)22-8-21-13/h2-7H,8H2,1H3,(H2,18,19,20,23). The lowest BCUT2D eigenvalue weighted by atomic mass is 10.2. The van der Waals surface area contributed by atoms with E-state index in [1.165, 1.54) is 0 Å². The molecule has 2 aromatic rings. The predicted molar refractivity (Wildman–Crippen MR) is 100 cm³/mol. The van der Waals surface area contributed by atoms with Crippen molar-refractivity contribution in [1.82, 2.24) is 5.32 Å². The summed E-state index contributed by atoms with van der Waals surface area (Å²) in [6.45, 7) is 2.15. The van der Waals surface area contributed by atoms with E-state index in [1.807, 2.05) is 25.1 Å². The highest BCUT2D eigenvalue weighted by Crippen LogP contribution is 2.32. The first-order chi connectivity index (χ1) is 11.0. The van der Waals surface area contributed by atoms with E-state index in [1.54, 1.807) is 18.2 Å². The molecule has 1 aliphatic heterocycles. The van der Waals surface area contributed by atoms with Crippen molar-refractivity contribution in [3.8, 4) is 11.5 Å². The first-order valence-electron chi connectivity index (χ1n) is 6.81. The van der Waals surface area contributed by atoms with E-state index in [0.717, 1.165) is 14.8 Å². The maximum Gasteiger partial charge on any atom is 0.257 e. The second-order valence-electron chi connectivity index (χ2n) is 4.94. The zero-order valence-electron chi connectivity index (χ0n) is 12.2. The molecule has 5 nitrogen and oxygen atoms in total. The third kappa shape index (κ3) is 3.73. The monoisotopic (exact) mass is 440 g/mol. The van der Waals surface area contributed by atoms with Crippen LogP contribution in [-0.4, -0.2) is 17.8 Å². The summed E-state index contributed by atoms with van der Waals surface area (Å²) in [5.41, 5.74) is 2.37. The van der Waals surface area contributed by atoms with Gasteiger partial charge in [0.05, 0.1) is 0 Å². The third-order valence-electron chi connectivity index (χ3n) is 3.30. The van der Waals surface area contributed by atoms with Gasteiger partial charge in [-0.15, -0.1) is 0 Å². The van der Waals surface area contributed by atoms with Gasteiger partial charge >= 0.3 is 0 Å². The smallest absolute Gasteiger partial charge is 0.257 e. The molecule has 0 radical (unpaired) electrons. The summed E-state index contributed by atoms with van der Waals surface area (Å²) in [4.78, 5) is 12.2. The number of hydrogen-bond donors (Lipinski definition) is 2. The van der Waals surface area contributed by atoms with Gasteiger partial charge in [-0.2, -0.15) is 0 Å². The van der Waals surface area contributed by atoms with E-state index in [4.69, 9.17) is 21.7 Å². The summed E-state index contributed by atoms with van der Waals surface area (Å²) in [5, 5.41) is 5.94. The fourth-order valence-electron chi connectivity index (χ4n) is 2.13. The van der Waals surface area contributed by atoms with Gasteiger partial charge in [-0.3, -0.25) is 10.1 Å². The molecule has 1 aliphatic rings. The molecule has 7 heteroatoms. The molecule has 23 heavy (non-hydrogen) atoms. The maximum absolute atomic E-state index is 12.2. The van der Waals surface area contributed by atoms with Crippen molar-refractivity contribution >= 4 is 51.5 Å². The summed E-state index contributed by atoms with van der Waals surface area (Å²) in [5.74, 6) is 0.894. The van der Waals surface area contributed by atoms with E-state index in [2.05, 4.69) is 33.2 Å². The van der Waals surface area contributed by atoms with Crippen molar-refractivity contribution < 1.29 is 14.3 Å². The number of carbonyl (C=O) groups excluding carboxylic acids is 1. The first kappa shape index (κ1) is 16.0. The number of benzene rings is 2. The van der Waals surface area contributed by atoms with Gasteiger partial charge in [0, 0.05) is 14.8 Å². The van der Waals surface area contributed by atoms with Crippen molar-refractivity contribution in [2.75, 3.05) is 12.1 Å². The highest BCUT2D eigenvalue weighted by molar-refractivity contribution is 14.1. The van der Waals surface area contributed by atoms with Gasteiger partial charge in [-0.1, -0.05) is 0 Å². The maximum atomic E-state index is 12.2. The van der Waals surface area contributed by atoms with E-state index in [0.29, 0.717) is 17.1 Å². The lowest BCUT2D eigenvalue weighted by Crippen LogP contribution is -2.34. The first-order valence-corrected chi connectivity index (χ1v) is 8.30. The SMILES string of the molecule is Cc1cc(I)ccc1NC(=S)NC(=O)c1ccc2c(c1)OCO2. The number of fused-ring (bicyclic) bond motifs is 1. The molecule has 0 aliphatic carbocycles. The largest absolute Gasteiger partial charge is 0.454 e. The molecule has 0 bridgehead atoms. The number of rotatable bonds is 2. The van der Waals surface area contributed by atoms with Crippen molar-refractivity contribution in [1.29, 1.82) is 0 Å². The zero-order chi connectivity index (χ0) is 16.4. The van der Waals surface area contributed by atoms with Crippen molar-refractivity contribution in [2.45, 2.75) is 6.92 Å². The molecule has 0 unspecified atom stereocenters. The van der Waals surface area contributed by atoms with E-state index < -0.39 is 0 Å². The van der Waals surface area contributed by atoms with Crippen LogP contribution in [0.1, 0.15) is 15.9 Å². The Morgan fingerprint density at radius 2 is 1.96 bits per heavy atom. The number of carbonyl (C=O) groups is 1. The lowest BCUT2D eigenvalue weighted by molar-refractivity contribution is 0.0977. The van der Waals surface area contributed by atoms with Gasteiger partial charge in [-0.25, -0.2) is 0 Å². The van der Waals surface area contributed by atoms with Gasteiger partial charge in [0.2, 0.25) is 6.79 Å². The molecular weight excluding hydrogens is 427 g/mol. The Morgan fingerprint density at radius 3 is 2.74 bits per heavy atom. The molecule has 0 aromatic heterocycles. The third-order valence-corrected chi connectivity index (χ3v) is 4.17. The highest BCUT2D eigenvalue weighted by Gasteiger charge is 2.16. The molecule has 0 saturated carbocycles. The highest BCUT2D eigenvalue weighted by atomic mass is 127. The number of thiocarbonyl (C=S) groups is 1. The Balaban J connectivity index is 1.66. The molecule has 3 rings (SSSR count). The summed E-state index contributed by atoms with van der Waals surface area (Å²) >= 11 is 7.45. The van der Waals surface area contributed by atoms with Crippen molar-refractivity contribution in [3.63, 3.8) is 0 Å². The molecule has 2 aromatic carbocycles. The van der Waals surface area contributed by atoms with Crippen LogP contribution in [0.15, 0.2) is 36.4 Å². The average Bonchev–Trinajstić information content (AvgIpc) is 2.97. The summed E-state index contributed by atoms with van der Waals surface area (Å²) in [6.07, 6.45) is 0. The topological polar surface area (TPSA) is 59.6 Å². The summed E-state index contributed by atoms with van der Waals surface area (Å²) in [7, 11) is 0. The van der Waals surface area contributed by atoms with Crippen LogP contribution in [0, 0.1) is 10.5 Å². The van der Waals surface area contributed by atoms with Crippen LogP contribution in [0.2, 0.25) is 0 Å². The predicted octanol–water partition coefficient (Wildman–Crippen LogP) is 3.46. The van der Waals surface area contributed by atoms with Crippen LogP contribution < -0.4 is 20.1 Å². The summed E-state index contributed by atoms with van der Waals surface area (Å²) < 4.78 is 11.6. The minimum Gasteiger partial charge on any atom is -0.454 e. The van der Waals surface area contributed by atoms with Crippen LogP contribution in [0.3, 0.4) is 0 Å². The fourth-order valence-corrected chi connectivity index (χ4v) is 2.98. The second kappa shape index (κ2) is 6.71. The van der Waals surface area contributed by atoms with Crippen LogP contribution in [0.5, 0.6) is 11.5 Å². The van der Waals surface area contributed by atoms with Crippen LogP contribution in [-0.2, 0) is 0 Å². The molecule has 118 valence electrons. The molecule has 1 heterocycles. The lowest BCUT2D eigenvalue weighted by Gasteiger charge is -2.12. The van der Waals surface area contributed by atoms with Crippen molar-refractivity contribution in [3.05, 3.63) is 51.1 Å². The molecule has 0 fully saturated rings. The fraction of sp³-hybridized carbons (Fsp3) is 0.125. The Kier molecular flexibility index (Phi) is 4.67. The Bertz CT molecular complexity index is 795. The molecule has 0 saturated heterocycles. The molecule has 0 atom stereocenters. The van der Waals surface area contributed by atoms with Crippen LogP contribution in [0.25, 0.3) is 0 Å². The number of hydrogen-bond acceptors (Lipinski definition) is 4. The van der Waals surface area contributed by atoms with Gasteiger partial charge < -0.3 is 14.8 Å². The van der Waals surface area contributed by atoms with Crippen molar-refractivity contribution in [2.24, 2.45) is 0 Å². The van der Waals surface area contributed by atoms with Gasteiger partial charge in [-0.05, 0) is 83.7 Å². The minimum absolute atomic E-state index is 0.173. The number of halogens is 1. The normalized spacial score (nSPS) is 11.9. The molecule has 1 amide bonds. The van der Waals surface area contributed by atoms with Crippen LogP contribution in [0.4, 0.5) is 5.69 Å². The number of amides is 1. The second-order valence-corrected chi connectivity index (χ2v) is 6.59. The number of anilines is 1. The van der Waals surface area contributed by atoms with Crippen LogP contribution >= 0.6 is 34.8 Å². The zero-order valence-corrected chi connectivity index (χ0v) is 15.2. The molecular formula is C16H13IN2O3S. The summed E-state index contributed by atoms with van der Waals surface area (Å²) in [6, 6.07) is 10.9. The molecule has 0 spiro atoms. The van der Waals surface area contributed by atoms with Gasteiger partial charge in [0.25, 0.3) is 5.91 Å². The number of nitrogens with one attached hydrogen (secondary N) is 2. The van der Waals surface area contributed by atoms with E-state index >= 15 is 0 Å². The Labute approximate surface area is 152 Å². The van der Waals surface area contributed by atoms with E-state index in [-0.39, 0.29) is 17.8 Å². The quantitative estimate of drug-likeness (QED) is 0.554. The average molecular weight is 440 g/mol. The van der Waals surface area contributed by atoms with E-state index in [9.17, 15) is 4.79 Å².